The van der Waals surface area contributed by atoms with Crippen molar-refractivity contribution in [3.8, 4) is 5.75 Å². The molecule has 0 spiro atoms. The van der Waals surface area contributed by atoms with Gasteiger partial charge in [-0.3, -0.25) is 9.59 Å². The number of rotatable bonds is 8. The third kappa shape index (κ3) is 4.35. The van der Waals surface area contributed by atoms with Crippen molar-refractivity contribution in [2.45, 2.75) is 26.3 Å². The highest BCUT2D eigenvalue weighted by molar-refractivity contribution is 5.96. The van der Waals surface area contributed by atoms with Crippen LogP contribution >= 0.6 is 0 Å². The van der Waals surface area contributed by atoms with Crippen molar-refractivity contribution in [2.24, 2.45) is 11.5 Å². The number of primary amides is 2. The Morgan fingerprint density at radius 3 is 2.54 bits per heavy atom. The van der Waals surface area contributed by atoms with Crippen LogP contribution in [0.15, 0.2) is 18.2 Å². The van der Waals surface area contributed by atoms with Crippen LogP contribution in [-0.2, 0) is 4.79 Å². The number of hydrogen-bond donors (Lipinski definition) is 4. The fraction of sp³-hybridized carbons (Fsp3) is 0.312. The number of amides is 2. The number of aryl methyl sites for hydroxylation is 1. The maximum Gasteiger partial charge on any atom is 0.273 e. The number of nitrogens with one attached hydrogen (secondary N) is 2. The standard InChI is InChI=1S/C16H21N7O3/c1-4-10(13(17)24)20-16-21-15(12(14(18)25)22-23-16)19-9-5-6-11(26-3)8(2)7-9/h5-7,10H,4H2,1-3H3,(H2,17,24)(H2,18,25)(H2,19,20,21,23)/t10-/m1/s1. The molecule has 0 aliphatic carbocycles. The molecule has 0 bridgehead atoms. The monoisotopic (exact) mass is 359 g/mol. The highest BCUT2D eigenvalue weighted by Crippen LogP contribution is 2.24. The number of nitrogens with zero attached hydrogens (tertiary/aromatic N) is 3. The van der Waals surface area contributed by atoms with E-state index in [1.54, 1.807) is 26.2 Å². The molecule has 0 aliphatic rings. The van der Waals surface area contributed by atoms with Gasteiger partial charge in [-0.15, -0.1) is 10.2 Å². The first-order chi connectivity index (χ1) is 12.3. The SMILES string of the molecule is CC[C@@H](Nc1nnc(C(N)=O)c(Nc2ccc(OC)c(C)c2)n1)C(N)=O. The fourth-order valence-electron chi connectivity index (χ4n) is 2.26. The van der Waals surface area contributed by atoms with Crippen LogP contribution in [0.25, 0.3) is 0 Å². The van der Waals surface area contributed by atoms with Crippen molar-refractivity contribution < 1.29 is 14.3 Å². The van der Waals surface area contributed by atoms with E-state index in [4.69, 9.17) is 16.2 Å². The zero-order chi connectivity index (χ0) is 19.3. The molecule has 1 aromatic heterocycles. The Bertz CT molecular complexity index is 825. The van der Waals surface area contributed by atoms with Gasteiger partial charge in [0.25, 0.3) is 5.91 Å². The van der Waals surface area contributed by atoms with E-state index in [1.165, 1.54) is 0 Å². The molecule has 1 aromatic carbocycles. The summed E-state index contributed by atoms with van der Waals surface area (Å²) in [4.78, 5) is 27.2. The Morgan fingerprint density at radius 2 is 2.00 bits per heavy atom. The number of ether oxygens (including phenoxy) is 1. The first kappa shape index (κ1) is 18.9. The molecule has 2 amide bonds. The van der Waals surface area contributed by atoms with E-state index < -0.39 is 17.9 Å². The van der Waals surface area contributed by atoms with E-state index in [-0.39, 0.29) is 17.5 Å². The molecule has 0 saturated carbocycles. The van der Waals surface area contributed by atoms with Gasteiger partial charge >= 0.3 is 0 Å². The van der Waals surface area contributed by atoms with Crippen molar-refractivity contribution in [1.29, 1.82) is 0 Å². The summed E-state index contributed by atoms with van der Waals surface area (Å²) in [5, 5.41) is 13.3. The second kappa shape index (κ2) is 8.10. The number of carbonyl (C=O) groups excluding carboxylic acids is 2. The largest absolute Gasteiger partial charge is 0.496 e. The van der Waals surface area contributed by atoms with Crippen LogP contribution in [0, 0.1) is 6.92 Å². The second-order valence-corrected chi connectivity index (χ2v) is 5.51. The molecule has 26 heavy (non-hydrogen) atoms. The summed E-state index contributed by atoms with van der Waals surface area (Å²) in [5.74, 6) is -0.449. The lowest BCUT2D eigenvalue weighted by molar-refractivity contribution is -0.118. The van der Waals surface area contributed by atoms with E-state index in [9.17, 15) is 9.59 Å². The van der Waals surface area contributed by atoms with Crippen LogP contribution in [0.4, 0.5) is 17.5 Å². The smallest absolute Gasteiger partial charge is 0.273 e. The number of methoxy groups -OCH3 is 1. The molecule has 10 heteroatoms. The lowest BCUT2D eigenvalue weighted by Gasteiger charge is -2.15. The zero-order valence-electron chi connectivity index (χ0n) is 14.7. The first-order valence-corrected chi connectivity index (χ1v) is 7.87. The molecule has 2 aromatic rings. The van der Waals surface area contributed by atoms with Crippen LogP contribution in [0.1, 0.15) is 29.4 Å². The van der Waals surface area contributed by atoms with E-state index in [1.807, 2.05) is 13.0 Å². The van der Waals surface area contributed by atoms with Crippen LogP contribution in [-0.4, -0.2) is 40.1 Å². The first-order valence-electron chi connectivity index (χ1n) is 7.87. The molecule has 10 nitrogen and oxygen atoms in total. The summed E-state index contributed by atoms with van der Waals surface area (Å²) in [7, 11) is 1.58. The predicted octanol–water partition coefficient (Wildman–Crippen LogP) is 0.707. The molecule has 0 fully saturated rings. The van der Waals surface area contributed by atoms with Gasteiger partial charge in [0.1, 0.15) is 11.8 Å². The molecular formula is C16H21N7O3. The van der Waals surface area contributed by atoms with Gasteiger partial charge in [-0.1, -0.05) is 6.92 Å². The van der Waals surface area contributed by atoms with Gasteiger partial charge in [0.2, 0.25) is 11.9 Å². The Balaban J connectivity index is 2.35. The predicted molar refractivity (Wildman–Crippen MR) is 96.3 cm³/mol. The van der Waals surface area contributed by atoms with E-state index in [0.717, 1.165) is 11.3 Å². The average Bonchev–Trinajstić information content (AvgIpc) is 2.59. The molecule has 0 radical (unpaired) electrons. The van der Waals surface area contributed by atoms with Crippen molar-refractivity contribution in [2.75, 3.05) is 17.7 Å². The maximum atomic E-state index is 11.6. The fourth-order valence-corrected chi connectivity index (χ4v) is 2.26. The number of hydrogen-bond acceptors (Lipinski definition) is 8. The summed E-state index contributed by atoms with van der Waals surface area (Å²) >= 11 is 0. The van der Waals surface area contributed by atoms with Crippen molar-refractivity contribution >= 4 is 29.3 Å². The van der Waals surface area contributed by atoms with Crippen LogP contribution in [0.2, 0.25) is 0 Å². The van der Waals surface area contributed by atoms with Crippen LogP contribution in [0.5, 0.6) is 5.75 Å². The molecule has 138 valence electrons. The van der Waals surface area contributed by atoms with Crippen molar-refractivity contribution in [3.05, 3.63) is 29.5 Å². The number of nitrogens with two attached hydrogens (primary N) is 2. The van der Waals surface area contributed by atoms with Crippen molar-refractivity contribution in [1.82, 2.24) is 15.2 Å². The summed E-state index contributed by atoms with van der Waals surface area (Å²) in [6.07, 6.45) is 0.441. The normalized spacial score (nSPS) is 11.5. The quantitative estimate of drug-likeness (QED) is 0.536. The summed E-state index contributed by atoms with van der Waals surface area (Å²) < 4.78 is 5.22. The van der Waals surface area contributed by atoms with Gasteiger partial charge < -0.3 is 26.8 Å². The van der Waals surface area contributed by atoms with Gasteiger partial charge in [0, 0.05) is 5.69 Å². The lowest BCUT2D eigenvalue weighted by atomic mass is 10.2. The van der Waals surface area contributed by atoms with Crippen molar-refractivity contribution in [3.63, 3.8) is 0 Å². The molecule has 6 N–H and O–H groups in total. The number of benzene rings is 1. The molecule has 2 rings (SSSR count). The topological polar surface area (TPSA) is 158 Å². The Morgan fingerprint density at radius 1 is 1.27 bits per heavy atom. The summed E-state index contributed by atoms with van der Waals surface area (Å²) in [6, 6.07) is 4.68. The average molecular weight is 359 g/mol. The molecule has 1 atom stereocenters. The van der Waals surface area contributed by atoms with Gasteiger partial charge in [-0.25, -0.2) is 0 Å². The minimum Gasteiger partial charge on any atom is -0.496 e. The summed E-state index contributed by atoms with van der Waals surface area (Å²) in [5.41, 5.74) is 12.0. The Kier molecular flexibility index (Phi) is 5.89. The highest BCUT2D eigenvalue weighted by atomic mass is 16.5. The molecule has 0 unspecified atom stereocenters. The molecule has 0 aliphatic heterocycles. The molecular weight excluding hydrogens is 338 g/mol. The number of anilines is 3. The Labute approximate surface area is 150 Å². The third-order valence-electron chi connectivity index (χ3n) is 3.63. The molecule has 1 heterocycles. The second-order valence-electron chi connectivity index (χ2n) is 5.51. The highest BCUT2D eigenvalue weighted by Gasteiger charge is 2.18. The van der Waals surface area contributed by atoms with Gasteiger partial charge in [-0.05, 0) is 37.1 Å². The maximum absolute atomic E-state index is 11.6. The Hall–Kier alpha value is -3.43. The number of carbonyl (C=O) groups is 2. The van der Waals surface area contributed by atoms with Gasteiger partial charge in [-0.2, -0.15) is 4.98 Å². The van der Waals surface area contributed by atoms with E-state index in [0.29, 0.717) is 12.1 Å². The minimum absolute atomic E-state index is 0.0494. The third-order valence-corrected chi connectivity index (χ3v) is 3.63. The summed E-state index contributed by atoms with van der Waals surface area (Å²) in [6.45, 7) is 3.66. The van der Waals surface area contributed by atoms with Gasteiger partial charge in [0.15, 0.2) is 11.5 Å². The number of aromatic nitrogens is 3. The molecule has 0 saturated heterocycles. The van der Waals surface area contributed by atoms with E-state index in [2.05, 4.69) is 25.8 Å². The lowest BCUT2D eigenvalue weighted by Crippen LogP contribution is -2.35. The van der Waals surface area contributed by atoms with Crippen LogP contribution < -0.4 is 26.8 Å². The van der Waals surface area contributed by atoms with E-state index >= 15 is 0 Å². The zero-order valence-corrected chi connectivity index (χ0v) is 14.7. The van der Waals surface area contributed by atoms with Gasteiger partial charge in [0.05, 0.1) is 7.11 Å². The minimum atomic E-state index is -0.786. The van der Waals surface area contributed by atoms with Crippen LogP contribution in [0.3, 0.4) is 0 Å².